The van der Waals surface area contributed by atoms with Crippen LogP contribution in [0.25, 0.3) is 0 Å². The summed E-state index contributed by atoms with van der Waals surface area (Å²) >= 11 is 1.60. The highest BCUT2D eigenvalue weighted by molar-refractivity contribution is 7.89. The second-order valence-corrected chi connectivity index (χ2v) is 10.7. The van der Waals surface area contributed by atoms with Crippen molar-refractivity contribution in [3.63, 3.8) is 0 Å². The van der Waals surface area contributed by atoms with Crippen LogP contribution in [0.15, 0.2) is 34.5 Å². The van der Waals surface area contributed by atoms with E-state index < -0.39 is 10.0 Å². The zero-order chi connectivity index (χ0) is 21.1. The highest BCUT2D eigenvalue weighted by atomic mass is 32.2. The van der Waals surface area contributed by atoms with Crippen LogP contribution in [0, 0.1) is 5.92 Å². The van der Waals surface area contributed by atoms with E-state index in [0.29, 0.717) is 25.4 Å². The first-order chi connectivity index (χ1) is 14.5. The van der Waals surface area contributed by atoms with Crippen molar-refractivity contribution >= 4 is 27.3 Å². The third-order valence-corrected chi connectivity index (χ3v) is 8.92. The molecule has 2 fully saturated rings. The Morgan fingerprint density at radius 3 is 2.70 bits per heavy atom. The van der Waals surface area contributed by atoms with Crippen LogP contribution in [-0.2, 0) is 21.4 Å². The highest BCUT2D eigenvalue weighted by Crippen LogP contribution is 2.33. The summed E-state index contributed by atoms with van der Waals surface area (Å²) < 4.78 is 32.6. The molecular weight excluding hydrogens is 422 g/mol. The van der Waals surface area contributed by atoms with Crippen molar-refractivity contribution in [2.75, 3.05) is 20.2 Å². The van der Waals surface area contributed by atoms with Crippen LogP contribution >= 0.6 is 11.3 Å². The van der Waals surface area contributed by atoms with Crippen LogP contribution in [0.4, 0.5) is 0 Å². The molecule has 0 atom stereocenters. The predicted octanol–water partition coefficient (Wildman–Crippen LogP) is 3.14. The molecule has 2 aliphatic rings. The summed E-state index contributed by atoms with van der Waals surface area (Å²) in [7, 11) is -2.00. The van der Waals surface area contributed by atoms with E-state index >= 15 is 0 Å². The van der Waals surface area contributed by atoms with Gasteiger partial charge in [0.05, 0.1) is 29.3 Å². The van der Waals surface area contributed by atoms with Crippen LogP contribution in [0.2, 0.25) is 0 Å². The number of carbonyl (C=O) groups excluding carboxylic acids is 1. The Balaban J connectivity index is 1.33. The van der Waals surface area contributed by atoms with Crippen molar-refractivity contribution in [1.82, 2.24) is 14.6 Å². The maximum absolute atomic E-state index is 13.0. The molecule has 1 N–H and O–H groups in total. The van der Waals surface area contributed by atoms with Gasteiger partial charge >= 0.3 is 0 Å². The molecule has 0 radical (unpaired) electrons. The molecule has 30 heavy (non-hydrogen) atoms. The Morgan fingerprint density at radius 1 is 1.27 bits per heavy atom. The van der Waals surface area contributed by atoms with E-state index in [1.165, 1.54) is 7.11 Å². The monoisotopic (exact) mass is 449 g/mol. The molecule has 1 aromatic heterocycles. The summed E-state index contributed by atoms with van der Waals surface area (Å²) in [5, 5.41) is 6.00. The number of thiazole rings is 1. The Morgan fingerprint density at radius 2 is 2.03 bits per heavy atom. The number of nitrogens with one attached hydrogen (secondary N) is 1. The lowest BCUT2D eigenvalue weighted by Gasteiger charge is -2.30. The SMILES string of the molecule is COc1cccc(S(=O)(=O)N2CCC(c3nc(CNC(=O)C4CCC4)cs3)CC2)c1. The van der Waals surface area contributed by atoms with E-state index in [0.717, 1.165) is 42.8 Å². The molecule has 1 amide bonds. The molecule has 2 heterocycles. The number of rotatable bonds is 7. The Labute approximate surface area is 181 Å². The topological polar surface area (TPSA) is 88.6 Å². The first kappa shape index (κ1) is 21.3. The third kappa shape index (κ3) is 4.53. The average Bonchev–Trinajstić information content (AvgIpc) is 3.20. The number of piperidine rings is 1. The number of sulfonamides is 1. The van der Waals surface area contributed by atoms with Gasteiger partial charge in [-0.15, -0.1) is 11.3 Å². The Kier molecular flexibility index (Phi) is 6.40. The van der Waals surface area contributed by atoms with Crippen LogP contribution in [-0.4, -0.2) is 43.8 Å². The first-order valence-electron chi connectivity index (χ1n) is 10.3. The van der Waals surface area contributed by atoms with Crippen molar-refractivity contribution in [2.45, 2.75) is 49.5 Å². The first-order valence-corrected chi connectivity index (χ1v) is 12.7. The summed E-state index contributed by atoms with van der Waals surface area (Å²) in [6.07, 6.45) is 4.61. The minimum Gasteiger partial charge on any atom is -0.497 e. The van der Waals surface area contributed by atoms with Gasteiger partial charge in [-0.05, 0) is 37.8 Å². The number of amides is 1. The third-order valence-electron chi connectivity index (χ3n) is 5.97. The van der Waals surface area contributed by atoms with Gasteiger partial charge in [0.25, 0.3) is 0 Å². The lowest BCUT2D eigenvalue weighted by molar-refractivity contribution is -0.127. The summed E-state index contributed by atoms with van der Waals surface area (Å²) in [4.78, 5) is 16.9. The number of ether oxygens (including phenoxy) is 1. The Hall–Kier alpha value is -1.97. The molecule has 7 nitrogen and oxygen atoms in total. The highest BCUT2D eigenvalue weighted by Gasteiger charge is 2.31. The molecule has 0 spiro atoms. The molecule has 2 aromatic rings. The number of benzene rings is 1. The van der Waals surface area contributed by atoms with Crippen molar-refractivity contribution in [3.05, 3.63) is 40.3 Å². The van der Waals surface area contributed by atoms with Crippen molar-refractivity contribution in [1.29, 1.82) is 0 Å². The van der Waals surface area contributed by atoms with Gasteiger partial charge in [0.2, 0.25) is 15.9 Å². The van der Waals surface area contributed by atoms with Crippen molar-refractivity contribution in [3.8, 4) is 5.75 Å². The average molecular weight is 450 g/mol. The van der Waals surface area contributed by atoms with E-state index in [9.17, 15) is 13.2 Å². The molecule has 1 aliphatic carbocycles. The zero-order valence-electron chi connectivity index (χ0n) is 17.0. The van der Waals surface area contributed by atoms with E-state index in [1.807, 2.05) is 5.38 Å². The lowest BCUT2D eigenvalue weighted by atomic mass is 9.85. The van der Waals surface area contributed by atoms with Crippen LogP contribution in [0.5, 0.6) is 5.75 Å². The van der Waals surface area contributed by atoms with Gasteiger partial charge in [-0.3, -0.25) is 4.79 Å². The summed E-state index contributed by atoms with van der Waals surface area (Å²) in [6.45, 7) is 1.41. The second kappa shape index (κ2) is 9.03. The fourth-order valence-electron chi connectivity index (χ4n) is 3.84. The predicted molar refractivity (Wildman–Crippen MR) is 115 cm³/mol. The fourth-order valence-corrected chi connectivity index (χ4v) is 6.33. The normalized spacial score (nSPS) is 18.7. The molecular formula is C21H27N3O4S2. The molecule has 1 aliphatic heterocycles. The number of hydrogen-bond donors (Lipinski definition) is 1. The maximum Gasteiger partial charge on any atom is 0.243 e. The van der Waals surface area contributed by atoms with Crippen molar-refractivity contribution in [2.24, 2.45) is 5.92 Å². The van der Waals surface area contributed by atoms with Crippen LogP contribution in [0.3, 0.4) is 0 Å². The van der Waals surface area contributed by atoms with Crippen molar-refractivity contribution < 1.29 is 17.9 Å². The van der Waals surface area contributed by atoms with Crippen LogP contribution < -0.4 is 10.1 Å². The van der Waals surface area contributed by atoms with Gasteiger partial charge in [-0.2, -0.15) is 4.31 Å². The number of methoxy groups -OCH3 is 1. The maximum atomic E-state index is 13.0. The molecule has 0 bridgehead atoms. The van der Waals surface area contributed by atoms with Gasteiger partial charge in [0, 0.05) is 36.4 Å². The van der Waals surface area contributed by atoms with E-state index in [4.69, 9.17) is 9.72 Å². The molecule has 4 rings (SSSR count). The van der Waals surface area contributed by atoms with E-state index in [-0.39, 0.29) is 22.6 Å². The van der Waals surface area contributed by atoms with E-state index in [2.05, 4.69) is 5.32 Å². The standard InChI is InChI=1S/C21H27N3O4S2/c1-28-18-6-3-7-19(12-18)30(26,27)24-10-8-16(9-11-24)21-23-17(14-29-21)13-22-20(25)15-4-2-5-15/h3,6-7,12,14-16H,2,4-5,8-11,13H2,1H3,(H,22,25). The molecule has 1 aromatic carbocycles. The Bertz CT molecular complexity index is 993. The fraction of sp³-hybridized carbons (Fsp3) is 0.524. The number of aromatic nitrogens is 1. The number of nitrogens with zero attached hydrogens (tertiary/aromatic N) is 2. The van der Waals surface area contributed by atoms with Gasteiger partial charge in [-0.25, -0.2) is 13.4 Å². The zero-order valence-corrected chi connectivity index (χ0v) is 18.7. The molecule has 1 saturated heterocycles. The van der Waals surface area contributed by atoms with Crippen LogP contribution in [0.1, 0.15) is 48.7 Å². The number of hydrogen-bond acceptors (Lipinski definition) is 6. The molecule has 1 saturated carbocycles. The number of carbonyl (C=O) groups is 1. The quantitative estimate of drug-likeness (QED) is 0.702. The largest absolute Gasteiger partial charge is 0.497 e. The summed E-state index contributed by atoms with van der Waals surface area (Å²) in [6, 6.07) is 6.60. The van der Waals surface area contributed by atoms with Gasteiger partial charge in [0.15, 0.2) is 0 Å². The van der Waals surface area contributed by atoms with Gasteiger partial charge in [-0.1, -0.05) is 12.5 Å². The van der Waals surface area contributed by atoms with Gasteiger partial charge in [0.1, 0.15) is 5.75 Å². The second-order valence-electron chi connectivity index (χ2n) is 7.88. The lowest BCUT2D eigenvalue weighted by Crippen LogP contribution is -2.37. The minimum atomic E-state index is -3.53. The van der Waals surface area contributed by atoms with E-state index in [1.54, 1.807) is 39.9 Å². The molecule has 9 heteroatoms. The molecule has 162 valence electrons. The smallest absolute Gasteiger partial charge is 0.243 e. The molecule has 0 unspecified atom stereocenters. The van der Waals surface area contributed by atoms with Gasteiger partial charge < -0.3 is 10.1 Å². The summed E-state index contributed by atoms with van der Waals surface area (Å²) in [5.41, 5.74) is 0.883. The summed E-state index contributed by atoms with van der Waals surface area (Å²) in [5.74, 6) is 1.10. The minimum absolute atomic E-state index is 0.131.